The second-order valence-corrected chi connectivity index (χ2v) is 5.97. The molecule has 0 aliphatic rings. The minimum absolute atomic E-state index is 0.325. The maximum Gasteiger partial charge on any atom is 0.269 e. The van der Waals surface area contributed by atoms with Crippen LogP contribution in [0, 0.1) is 3.95 Å². The van der Waals surface area contributed by atoms with Gasteiger partial charge in [-0.25, -0.2) is 0 Å². The predicted octanol–water partition coefficient (Wildman–Crippen LogP) is 3.95. The van der Waals surface area contributed by atoms with E-state index in [9.17, 15) is 4.79 Å². The molecule has 0 bridgehead atoms. The largest absolute Gasteiger partial charge is 0.384 e. The van der Waals surface area contributed by atoms with E-state index in [1.165, 1.54) is 0 Å². The van der Waals surface area contributed by atoms with Crippen LogP contribution >= 0.6 is 35.2 Å². The van der Waals surface area contributed by atoms with Gasteiger partial charge in [-0.2, -0.15) is 0 Å². The Kier molecular flexibility index (Phi) is 4.59. The van der Waals surface area contributed by atoms with Gasteiger partial charge in [0, 0.05) is 6.54 Å². The molecule has 1 heterocycles. The zero-order chi connectivity index (χ0) is 14.7. The summed E-state index contributed by atoms with van der Waals surface area (Å²) in [7, 11) is 0. The van der Waals surface area contributed by atoms with Gasteiger partial charge in [-0.1, -0.05) is 41.1 Å². The number of nitrogen functional groups attached to an aromatic ring is 1. The van der Waals surface area contributed by atoms with Gasteiger partial charge in [0.25, 0.3) is 5.91 Å². The van der Waals surface area contributed by atoms with Crippen molar-refractivity contribution in [3.05, 3.63) is 50.8 Å². The molecular weight excluding hydrogens is 314 g/mol. The quantitative estimate of drug-likeness (QED) is 0.661. The van der Waals surface area contributed by atoms with Gasteiger partial charge in [0.15, 0.2) is 3.95 Å². The summed E-state index contributed by atoms with van der Waals surface area (Å²) in [6.07, 6.45) is 1.68. The average molecular weight is 326 g/mol. The van der Waals surface area contributed by atoms with E-state index < -0.39 is 0 Å². The lowest BCUT2D eigenvalue weighted by atomic mass is 10.3. The molecule has 0 atom stereocenters. The number of para-hydroxylation sites is 1. The molecule has 0 saturated heterocycles. The lowest BCUT2D eigenvalue weighted by Gasteiger charge is -2.06. The molecule has 0 fully saturated rings. The van der Waals surface area contributed by atoms with Gasteiger partial charge in [0.1, 0.15) is 10.7 Å². The van der Waals surface area contributed by atoms with Crippen molar-refractivity contribution in [1.29, 1.82) is 0 Å². The molecule has 2 aromatic rings. The molecule has 3 N–H and O–H groups in total. The molecule has 104 valence electrons. The molecule has 0 spiro atoms. The number of benzene rings is 1. The number of aromatic nitrogens is 1. The maximum atomic E-state index is 12.2. The van der Waals surface area contributed by atoms with Crippen LogP contribution in [0.3, 0.4) is 0 Å². The first-order valence-electron chi connectivity index (χ1n) is 5.70. The summed E-state index contributed by atoms with van der Waals surface area (Å²) in [6.45, 7) is 4.11. The Bertz CT molecular complexity index is 721. The van der Waals surface area contributed by atoms with Crippen LogP contribution in [0.2, 0.25) is 5.02 Å². The fourth-order valence-electron chi connectivity index (χ4n) is 1.62. The highest BCUT2D eigenvalue weighted by molar-refractivity contribution is 7.73. The van der Waals surface area contributed by atoms with Crippen LogP contribution in [-0.4, -0.2) is 10.5 Å². The van der Waals surface area contributed by atoms with Gasteiger partial charge in [0.05, 0.1) is 10.7 Å². The van der Waals surface area contributed by atoms with Gasteiger partial charge in [-0.15, -0.1) is 6.58 Å². The fraction of sp³-hybridized carbons (Fsp3) is 0.0769. The van der Waals surface area contributed by atoms with E-state index in [1.807, 2.05) is 0 Å². The minimum Gasteiger partial charge on any atom is -0.384 e. The first-order chi connectivity index (χ1) is 9.54. The maximum absolute atomic E-state index is 12.2. The highest BCUT2D eigenvalue weighted by Gasteiger charge is 2.17. The summed E-state index contributed by atoms with van der Waals surface area (Å²) >= 11 is 12.3. The highest BCUT2D eigenvalue weighted by atomic mass is 35.5. The molecule has 2 rings (SSSR count). The topological polar surface area (TPSA) is 60.0 Å². The predicted molar refractivity (Wildman–Crippen MR) is 87.2 cm³/mol. The van der Waals surface area contributed by atoms with E-state index >= 15 is 0 Å². The third-order valence-electron chi connectivity index (χ3n) is 2.57. The Morgan fingerprint density at radius 3 is 2.90 bits per heavy atom. The molecule has 1 aromatic carbocycles. The normalized spacial score (nSPS) is 10.2. The molecule has 0 unspecified atom stereocenters. The summed E-state index contributed by atoms with van der Waals surface area (Å²) in [5, 5.41) is 3.19. The van der Waals surface area contributed by atoms with Crippen molar-refractivity contribution in [2.24, 2.45) is 0 Å². The first kappa shape index (κ1) is 14.8. The number of hydrogen-bond donors (Lipinski definition) is 2. The van der Waals surface area contributed by atoms with Crippen molar-refractivity contribution in [1.82, 2.24) is 4.57 Å². The molecule has 1 amide bonds. The standard InChI is InChI=1S/C13H12ClN3OS2/c1-2-7-17-11(15)10(20-13(17)19)12(18)16-9-6-4-3-5-8(9)14/h2-6H,1,7,15H2,(H,16,18). The van der Waals surface area contributed by atoms with Crippen LogP contribution in [0.25, 0.3) is 0 Å². The Morgan fingerprint density at radius 2 is 2.25 bits per heavy atom. The second kappa shape index (κ2) is 6.21. The number of hydrogen-bond acceptors (Lipinski definition) is 4. The van der Waals surface area contributed by atoms with Gasteiger partial charge in [-0.3, -0.25) is 4.79 Å². The van der Waals surface area contributed by atoms with Crippen molar-refractivity contribution >= 4 is 52.6 Å². The SMILES string of the molecule is C=CCn1c(N)c(C(=O)Nc2ccccc2Cl)sc1=S. The Balaban J connectivity index is 2.31. The first-order valence-corrected chi connectivity index (χ1v) is 7.30. The lowest BCUT2D eigenvalue weighted by Crippen LogP contribution is -2.14. The summed E-state index contributed by atoms with van der Waals surface area (Å²) in [5.74, 6) is 0.0129. The summed E-state index contributed by atoms with van der Waals surface area (Å²) in [5.41, 5.74) is 6.48. The van der Waals surface area contributed by atoms with Gasteiger partial charge in [-0.05, 0) is 24.4 Å². The molecule has 1 aromatic heterocycles. The van der Waals surface area contributed by atoms with Crippen LogP contribution in [0.15, 0.2) is 36.9 Å². The van der Waals surface area contributed by atoms with E-state index in [0.717, 1.165) is 11.3 Å². The molecule has 20 heavy (non-hydrogen) atoms. The second-order valence-electron chi connectivity index (χ2n) is 3.92. The number of allylic oxidation sites excluding steroid dienone is 1. The summed E-state index contributed by atoms with van der Waals surface area (Å²) in [4.78, 5) is 12.6. The summed E-state index contributed by atoms with van der Waals surface area (Å²) in [6, 6.07) is 6.99. The third kappa shape index (κ3) is 2.92. The van der Waals surface area contributed by atoms with Crippen molar-refractivity contribution < 1.29 is 4.79 Å². The zero-order valence-corrected chi connectivity index (χ0v) is 12.8. The minimum atomic E-state index is -0.325. The van der Waals surface area contributed by atoms with Gasteiger partial charge in [0.2, 0.25) is 0 Å². The monoisotopic (exact) mass is 325 g/mol. The number of carbonyl (C=O) groups excluding carboxylic acids is 1. The van der Waals surface area contributed by atoms with Crippen LogP contribution < -0.4 is 11.1 Å². The van der Waals surface area contributed by atoms with E-state index in [2.05, 4.69) is 11.9 Å². The van der Waals surface area contributed by atoms with E-state index in [4.69, 9.17) is 29.6 Å². The van der Waals surface area contributed by atoms with Crippen LogP contribution in [-0.2, 0) is 6.54 Å². The number of halogens is 1. The number of nitrogens with zero attached hydrogens (tertiary/aromatic N) is 1. The van der Waals surface area contributed by atoms with Crippen LogP contribution in [0.5, 0.6) is 0 Å². The number of nitrogens with one attached hydrogen (secondary N) is 1. The van der Waals surface area contributed by atoms with Crippen molar-refractivity contribution in [2.75, 3.05) is 11.1 Å². The number of thiazole rings is 1. The van der Waals surface area contributed by atoms with Crippen molar-refractivity contribution in [3.63, 3.8) is 0 Å². The van der Waals surface area contributed by atoms with Crippen molar-refractivity contribution in [3.8, 4) is 0 Å². The van der Waals surface area contributed by atoms with E-state index in [-0.39, 0.29) is 5.91 Å². The summed E-state index contributed by atoms with van der Waals surface area (Å²) < 4.78 is 2.20. The number of rotatable bonds is 4. The number of nitrogens with two attached hydrogens (primary N) is 1. The number of anilines is 2. The average Bonchev–Trinajstić information content (AvgIpc) is 2.70. The Labute approximate surface area is 130 Å². The number of amides is 1. The number of carbonyl (C=O) groups is 1. The molecule has 0 aliphatic heterocycles. The van der Waals surface area contributed by atoms with Crippen LogP contribution in [0.1, 0.15) is 9.67 Å². The van der Waals surface area contributed by atoms with Gasteiger partial charge >= 0.3 is 0 Å². The van der Waals surface area contributed by atoms with Crippen LogP contribution in [0.4, 0.5) is 11.5 Å². The molecule has 0 aliphatic carbocycles. The molecular formula is C13H12ClN3OS2. The fourth-order valence-corrected chi connectivity index (χ4v) is 3.04. The Morgan fingerprint density at radius 1 is 1.55 bits per heavy atom. The zero-order valence-electron chi connectivity index (χ0n) is 10.4. The lowest BCUT2D eigenvalue weighted by molar-refractivity contribution is 0.103. The third-order valence-corrected chi connectivity index (χ3v) is 4.37. The Hall–Kier alpha value is -1.63. The van der Waals surface area contributed by atoms with E-state index in [1.54, 1.807) is 34.9 Å². The van der Waals surface area contributed by atoms with Crippen molar-refractivity contribution in [2.45, 2.75) is 6.54 Å². The van der Waals surface area contributed by atoms with Gasteiger partial charge < -0.3 is 15.6 Å². The smallest absolute Gasteiger partial charge is 0.269 e. The highest BCUT2D eigenvalue weighted by Crippen LogP contribution is 2.26. The molecule has 0 saturated carbocycles. The van der Waals surface area contributed by atoms with E-state index in [0.29, 0.717) is 31.9 Å². The molecule has 4 nitrogen and oxygen atoms in total. The molecule has 7 heteroatoms. The molecule has 0 radical (unpaired) electrons.